The number of hydrogen-bond acceptors (Lipinski definition) is 2. The highest BCUT2D eigenvalue weighted by Gasteiger charge is 2.19. The SMILES string of the molecule is Cc1nn(-c2ccccc2)c(C)c1NC(=O)C[NH+]1CCCCCC1. The first-order valence-corrected chi connectivity index (χ1v) is 8.90. The Balaban J connectivity index is 1.71. The van der Waals surface area contributed by atoms with Crippen molar-refractivity contribution in [2.45, 2.75) is 39.5 Å². The van der Waals surface area contributed by atoms with Crippen LogP contribution in [0.2, 0.25) is 0 Å². The van der Waals surface area contributed by atoms with Gasteiger partial charge in [0.2, 0.25) is 0 Å². The Labute approximate surface area is 143 Å². The summed E-state index contributed by atoms with van der Waals surface area (Å²) < 4.78 is 1.89. The molecule has 0 unspecified atom stereocenters. The number of rotatable bonds is 4. The quantitative estimate of drug-likeness (QED) is 0.901. The van der Waals surface area contributed by atoms with Crippen LogP contribution in [0.4, 0.5) is 5.69 Å². The number of amides is 1. The van der Waals surface area contributed by atoms with Crippen LogP contribution in [-0.4, -0.2) is 35.3 Å². The van der Waals surface area contributed by atoms with Crippen molar-refractivity contribution >= 4 is 11.6 Å². The average molecular weight is 327 g/mol. The lowest BCUT2D eigenvalue weighted by Gasteiger charge is -2.16. The maximum atomic E-state index is 12.5. The number of quaternary nitrogens is 1. The van der Waals surface area contributed by atoms with Crippen LogP contribution in [0.15, 0.2) is 30.3 Å². The number of benzene rings is 1. The smallest absolute Gasteiger partial charge is 0.279 e. The van der Waals surface area contributed by atoms with Crippen molar-refractivity contribution in [2.24, 2.45) is 0 Å². The summed E-state index contributed by atoms with van der Waals surface area (Å²) in [5, 5.41) is 7.68. The molecule has 1 aliphatic rings. The Morgan fingerprint density at radius 3 is 2.46 bits per heavy atom. The molecule has 1 saturated heterocycles. The van der Waals surface area contributed by atoms with Gasteiger partial charge >= 0.3 is 0 Å². The fourth-order valence-electron chi connectivity index (χ4n) is 3.46. The molecule has 0 saturated carbocycles. The third-order valence-corrected chi connectivity index (χ3v) is 4.78. The maximum absolute atomic E-state index is 12.5. The molecule has 0 spiro atoms. The van der Waals surface area contributed by atoms with Gasteiger partial charge in [0.25, 0.3) is 5.91 Å². The summed E-state index contributed by atoms with van der Waals surface area (Å²) in [6, 6.07) is 10.0. The van der Waals surface area contributed by atoms with Gasteiger partial charge in [-0.1, -0.05) is 18.2 Å². The van der Waals surface area contributed by atoms with E-state index in [4.69, 9.17) is 0 Å². The van der Waals surface area contributed by atoms with Crippen LogP contribution in [-0.2, 0) is 4.79 Å². The van der Waals surface area contributed by atoms with Crippen molar-refractivity contribution in [2.75, 3.05) is 25.0 Å². The maximum Gasteiger partial charge on any atom is 0.279 e. The lowest BCUT2D eigenvalue weighted by Crippen LogP contribution is -3.12. The van der Waals surface area contributed by atoms with Gasteiger partial charge in [-0.05, 0) is 51.7 Å². The summed E-state index contributed by atoms with van der Waals surface area (Å²) in [6.07, 6.45) is 5.06. The summed E-state index contributed by atoms with van der Waals surface area (Å²) in [4.78, 5) is 13.9. The Hall–Kier alpha value is -2.14. The molecule has 0 radical (unpaired) electrons. The predicted octanol–water partition coefficient (Wildman–Crippen LogP) is 1.89. The van der Waals surface area contributed by atoms with Gasteiger partial charge in [0.05, 0.1) is 35.9 Å². The monoisotopic (exact) mass is 327 g/mol. The molecule has 1 aliphatic heterocycles. The number of carbonyl (C=O) groups excluding carboxylic acids is 1. The second-order valence-corrected chi connectivity index (χ2v) is 6.68. The van der Waals surface area contributed by atoms with Gasteiger partial charge in [-0.25, -0.2) is 4.68 Å². The third-order valence-electron chi connectivity index (χ3n) is 4.78. The molecule has 3 rings (SSSR count). The first-order valence-electron chi connectivity index (χ1n) is 8.90. The number of nitrogens with one attached hydrogen (secondary N) is 2. The summed E-state index contributed by atoms with van der Waals surface area (Å²) in [5.41, 5.74) is 3.68. The van der Waals surface area contributed by atoms with Crippen molar-refractivity contribution in [3.05, 3.63) is 41.7 Å². The van der Waals surface area contributed by atoms with E-state index in [2.05, 4.69) is 10.4 Å². The first kappa shape index (κ1) is 16.7. The molecule has 2 N–H and O–H groups in total. The highest BCUT2D eigenvalue weighted by molar-refractivity contribution is 5.92. The molecule has 1 fully saturated rings. The lowest BCUT2D eigenvalue weighted by atomic mass is 10.2. The van der Waals surface area contributed by atoms with Crippen molar-refractivity contribution in [1.29, 1.82) is 0 Å². The molecule has 0 bridgehead atoms. The molecule has 1 amide bonds. The summed E-state index contributed by atoms with van der Waals surface area (Å²) in [7, 11) is 0. The minimum absolute atomic E-state index is 0.0886. The van der Waals surface area contributed by atoms with E-state index in [-0.39, 0.29) is 5.91 Å². The molecular formula is C19H27N4O+. The van der Waals surface area contributed by atoms with E-state index < -0.39 is 0 Å². The third kappa shape index (κ3) is 3.85. The standard InChI is InChI=1S/C19H26N4O/c1-15-19(16(2)23(21-15)17-10-6-5-7-11-17)20-18(24)14-22-12-8-3-4-9-13-22/h5-7,10-11H,3-4,8-9,12-14H2,1-2H3,(H,20,24)/p+1. The predicted molar refractivity (Wildman–Crippen MR) is 95.7 cm³/mol. The van der Waals surface area contributed by atoms with E-state index >= 15 is 0 Å². The van der Waals surface area contributed by atoms with E-state index in [0.717, 1.165) is 35.9 Å². The molecule has 1 aromatic heterocycles. The molecule has 2 aromatic rings. The second kappa shape index (κ2) is 7.62. The van der Waals surface area contributed by atoms with E-state index in [1.807, 2.05) is 48.9 Å². The van der Waals surface area contributed by atoms with Gasteiger partial charge in [-0.2, -0.15) is 5.10 Å². The van der Waals surface area contributed by atoms with Gasteiger partial charge in [0.1, 0.15) is 0 Å². The van der Waals surface area contributed by atoms with Gasteiger partial charge in [0, 0.05) is 0 Å². The van der Waals surface area contributed by atoms with Crippen molar-refractivity contribution in [3.8, 4) is 5.69 Å². The molecule has 5 heteroatoms. The van der Waals surface area contributed by atoms with Crippen molar-refractivity contribution < 1.29 is 9.69 Å². The van der Waals surface area contributed by atoms with Gasteiger partial charge in [0.15, 0.2) is 6.54 Å². The second-order valence-electron chi connectivity index (χ2n) is 6.68. The normalized spacial score (nSPS) is 15.9. The Morgan fingerprint density at radius 1 is 1.12 bits per heavy atom. The molecule has 128 valence electrons. The van der Waals surface area contributed by atoms with Crippen LogP contribution in [0.1, 0.15) is 37.1 Å². The summed E-state index contributed by atoms with van der Waals surface area (Å²) in [6.45, 7) is 6.71. The zero-order chi connectivity index (χ0) is 16.9. The van der Waals surface area contributed by atoms with E-state index in [0.29, 0.717) is 6.54 Å². The molecule has 2 heterocycles. The van der Waals surface area contributed by atoms with Crippen LogP contribution in [0.5, 0.6) is 0 Å². The average Bonchev–Trinajstić information content (AvgIpc) is 2.77. The summed E-state index contributed by atoms with van der Waals surface area (Å²) in [5.74, 6) is 0.0886. The fourth-order valence-corrected chi connectivity index (χ4v) is 3.46. The molecule has 1 aromatic carbocycles. The highest BCUT2D eigenvalue weighted by atomic mass is 16.2. The number of carbonyl (C=O) groups is 1. The number of likely N-dealkylation sites (tertiary alicyclic amines) is 1. The molecule has 0 aliphatic carbocycles. The van der Waals surface area contributed by atoms with Gasteiger partial charge in [-0.3, -0.25) is 4.79 Å². The molecular weight excluding hydrogens is 300 g/mol. The summed E-state index contributed by atoms with van der Waals surface area (Å²) >= 11 is 0. The number of para-hydroxylation sites is 1. The Morgan fingerprint density at radius 2 is 1.79 bits per heavy atom. The van der Waals surface area contributed by atoms with Gasteiger partial charge in [-0.15, -0.1) is 0 Å². The van der Waals surface area contributed by atoms with Gasteiger partial charge < -0.3 is 10.2 Å². The number of anilines is 1. The number of nitrogens with zero attached hydrogens (tertiary/aromatic N) is 2. The van der Waals surface area contributed by atoms with E-state index in [9.17, 15) is 4.79 Å². The Bertz CT molecular complexity index is 685. The zero-order valence-electron chi connectivity index (χ0n) is 14.6. The molecule has 24 heavy (non-hydrogen) atoms. The van der Waals surface area contributed by atoms with Crippen LogP contribution in [0, 0.1) is 13.8 Å². The first-order chi connectivity index (χ1) is 11.6. The van der Waals surface area contributed by atoms with Crippen LogP contribution < -0.4 is 10.2 Å². The molecule has 0 atom stereocenters. The topological polar surface area (TPSA) is 51.4 Å². The van der Waals surface area contributed by atoms with E-state index in [1.54, 1.807) is 0 Å². The highest BCUT2D eigenvalue weighted by Crippen LogP contribution is 2.22. The van der Waals surface area contributed by atoms with Crippen molar-refractivity contribution in [3.63, 3.8) is 0 Å². The van der Waals surface area contributed by atoms with Crippen LogP contribution in [0.3, 0.4) is 0 Å². The zero-order valence-corrected chi connectivity index (χ0v) is 14.6. The van der Waals surface area contributed by atoms with Crippen molar-refractivity contribution in [1.82, 2.24) is 9.78 Å². The minimum Gasteiger partial charge on any atom is -0.327 e. The molecule has 5 nitrogen and oxygen atoms in total. The minimum atomic E-state index is 0.0886. The number of aryl methyl sites for hydroxylation is 1. The van der Waals surface area contributed by atoms with Crippen LogP contribution in [0.25, 0.3) is 5.69 Å². The largest absolute Gasteiger partial charge is 0.327 e. The Kier molecular flexibility index (Phi) is 5.30. The lowest BCUT2D eigenvalue weighted by molar-refractivity contribution is -0.890. The van der Waals surface area contributed by atoms with Crippen LogP contribution >= 0.6 is 0 Å². The van der Waals surface area contributed by atoms with E-state index in [1.165, 1.54) is 30.6 Å². The number of aromatic nitrogens is 2. The number of hydrogen-bond donors (Lipinski definition) is 2. The fraction of sp³-hybridized carbons (Fsp3) is 0.474.